The lowest BCUT2D eigenvalue weighted by Gasteiger charge is -2.16. The van der Waals surface area contributed by atoms with E-state index in [1.165, 1.54) is 0 Å². The van der Waals surface area contributed by atoms with Crippen LogP contribution in [0.2, 0.25) is 0 Å². The molecule has 0 aromatic heterocycles. The van der Waals surface area contributed by atoms with Crippen LogP contribution in [-0.2, 0) is 17.6 Å². The van der Waals surface area contributed by atoms with Crippen molar-refractivity contribution < 1.29 is 15.0 Å². The Hall–Kier alpha value is -1.06. The number of benzene rings is 1. The Morgan fingerprint density at radius 1 is 1.41 bits per heavy atom. The average molecular weight is 257 g/mol. The smallest absolute Gasteiger partial charge is 0.337 e. The highest BCUT2D eigenvalue weighted by molar-refractivity contribution is 6.17. The molecule has 0 heterocycles. The number of halogens is 1. The lowest BCUT2D eigenvalue weighted by Crippen LogP contribution is -2.15. The van der Waals surface area contributed by atoms with Gasteiger partial charge in [0.2, 0.25) is 0 Å². The maximum absolute atomic E-state index is 10.9. The molecule has 0 aliphatic heterocycles. The number of hydrogen-bond acceptors (Lipinski definition) is 2. The van der Waals surface area contributed by atoms with E-state index in [0.717, 1.165) is 17.5 Å². The first-order chi connectivity index (χ1) is 8.11. The summed E-state index contributed by atoms with van der Waals surface area (Å²) in [5.74, 6) is -0.683. The van der Waals surface area contributed by atoms with Crippen LogP contribution in [0.4, 0.5) is 0 Å². The van der Waals surface area contributed by atoms with Crippen molar-refractivity contribution in [2.24, 2.45) is 0 Å². The molecule has 0 saturated heterocycles. The predicted octanol–water partition coefficient (Wildman–Crippen LogP) is 2.54. The van der Waals surface area contributed by atoms with Crippen LogP contribution >= 0.6 is 11.6 Å². The summed E-state index contributed by atoms with van der Waals surface area (Å²) in [5, 5.41) is 18.7. The first kappa shape index (κ1) is 14.0. The third kappa shape index (κ3) is 3.45. The number of aliphatic carboxylic acids is 1. The minimum atomic E-state index is -1.45. The van der Waals surface area contributed by atoms with Crippen LogP contribution in [0.5, 0.6) is 0 Å². The van der Waals surface area contributed by atoms with Gasteiger partial charge in [0, 0.05) is 5.88 Å². The Labute approximate surface area is 106 Å². The number of aliphatic hydroxyl groups excluding tert-OH is 1. The van der Waals surface area contributed by atoms with Crippen LogP contribution in [-0.4, -0.2) is 22.1 Å². The first-order valence-electron chi connectivity index (χ1n) is 5.69. The van der Waals surface area contributed by atoms with Crippen molar-refractivity contribution in [2.45, 2.75) is 32.3 Å². The molecule has 0 radical (unpaired) electrons. The first-order valence-corrected chi connectivity index (χ1v) is 6.22. The van der Waals surface area contributed by atoms with Gasteiger partial charge in [-0.25, -0.2) is 4.79 Å². The second-order valence-electron chi connectivity index (χ2n) is 3.88. The molecule has 0 fully saturated rings. The van der Waals surface area contributed by atoms with Gasteiger partial charge < -0.3 is 10.2 Å². The molecule has 0 bridgehead atoms. The van der Waals surface area contributed by atoms with Gasteiger partial charge in [0.15, 0.2) is 6.10 Å². The number of carbonyl (C=O) groups is 1. The van der Waals surface area contributed by atoms with E-state index in [1.807, 2.05) is 25.1 Å². The van der Waals surface area contributed by atoms with E-state index in [2.05, 4.69) is 0 Å². The van der Waals surface area contributed by atoms with Gasteiger partial charge in [-0.15, -0.1) is 11.6 Å². The van der Waals surface area contributed by atoms with Crippen molar-refractivity contribution in [3.63, 3.8) is 0 Å². The van der Waals surface area contributed by atoms with E-state index in [-0.39, 0.29) is 0 Å². The third-order valence-corrected chi connectivity index (χ3v) is 3.02. The zero-order valence-corrected chi connectivity index (χ0v) is 10.6. The fourth-order valence-corrected chi connectivity index (χ4v) is 2.06. The van der Waals surface area contributed by atoms with Gasteiger partial charge >= 0.3 is 5.97 Å². The molecule has 0 aliphatic carbocycles. The molecule has 17 heavy (non-hydrogen) atoms. The van der Waals surface area contributed by atoms with Crippen LogP contribution in [0.15, 0.2) is 18.2 Å². The highest BCUT2D eigenvalue weighted by Gasteiger charge is 2.21. The summed E-state index contributed by atoms with van der Waals surface area (Å²) in [4.78, 5) is 10.9. The Morgan fingerprint density at radius 2 is 2.06 bits per heavy atom. The predicted molar refractivity (Wildman–Crippen MR) is 67.5 cm³/mol. The number of alkyl halides is 1. The minimum Gasteiger partial charge on any atom is -0.479 e. The van der Waals surface area contributed by atoms with Gasteiger partial charge in [0.1, 0.15) is 0 Å². The molecule has 1 unspecified atom stereocenters. The molecule has 1 rings (SSSR count). The van der Waals surface area contributed by atoms with Gasteiger partial charge in [0.05, 0.1) is 0 Å². The average Bonchev–Trinajstić information content (AvgIpc) is 2.34. The zero-order chi connectivity index (χ0) is 12.8. The number of aryl methyl sites for hydroxylation is 2. The van der Waals surface area contributed by atoms with Crippen molar-refractivity contribution in [1.29, 1.82) is 0 Å². The highest BCUT2D eigenvalue weighted by atomic mass is 35.5. The van der Waals surface area contributed by atoms with E-state index in [1.54, 1.807) is 0 Å². The fourth-order valence-electron chi connectivity index (χ4n) is 1.92. The van der Waals surface area contributed by atoms with Crippen molar-refractivity contribution in [3.05, 3.63) is 34.9 Å². The number of carboxylic acid groups (broad SMARTS) is 1. The van der Waals surface area contributed by atoms with Crippen LogP contribution in [0.25, 0.3) is 0 Å². The molecule has 0 saturated carbocycles. The fraction of sp³-hybridized carbons (Fsp3) is 0.462. The summed E-state index contributed by atoms with van der Waals surface area (Å²) in [6.45, 7) is 1.94. The summed E-state index contributed by atoms with van der Waals surface area (Å²) in [7, 11) is 0. The van der Waals surface area contributed by atoms with Crippen molar-refractivity contribution in [1.82, 2.24) is 0 Å². The normalized spacial score (nSPS) is 12.4. The van der Waals surface area contributed by atoms with E-state index in [0.29, 0.717) is 24.3 Å². The quantitative estimate of drug-likeness (QED) is 0.769. The molecule has 94 valence electrons. The second kappa shape index (κ2) is 6.62. The summed E-state index contributed by atoms with van der Waals surface area (Å²) in [5.41, 5.74) is 2.29. The van der Waals surface area contributed by atoms with Crippen LogP contribution in [0.3, 0.4) is 0 Å². The molecule has 3 nitrogen and oxygen atoms in total. The Bertz CT molecular complexity index is 390. The zero-order valence-electron chi connectivity index (χ0n) is 9.82. The molecule has 0 amide bonds. The maximum Gasteiger partial charge on any atom is 0.337 e. The molecule has 0 spiro atoms. The summed E-state index contributed by atoms with van der Waals surface area (Å²) < 4.78 is 0. The SMILES string of the molecule is CCc1cccc(CCCCl)c1C(O)C(=O)O. The molecular weight excluding hydrogens is 240 g/mol. The highest BCUT2D eigenvalue weighted by Crippen LogP contribution is 2.25. The van der Waals surface area contributed by atoms with Gasteiger partial charge in [-0.05, 0) is 36.0 Å². The van der Waals surface area contributed by atoms with Crippen LogP contribution in [0, 0.1) is 0 Å². The standard InChI is InChI=1S/C13H17ClO3/c1-2-9-5-3-6-10(7-4-8-14)11(9)12(15)13(16)17/h3,5-6,12,15H,2,4,7-8H2,1H3,(H,16,17). The number of carboxylic acids is 1. The van der Waals surface area contributed by atoms with Crippen molar-refractivity contribution >= 4 is 17.6 Å². The van der Waals surface area contributed by atoms with Gasteiger partial charge in [-0.1, -0.05) is 25.1 Å². The molecule has 1 aromatic rings. The minimum absolute atomic E-state index is 0.527. The van der Waals surface area contributed by atoms with Crippen molar-refractivity contribution in [3.8, 4) is 0 Å². The summed E-state index contributed by atoms with van der Waals surface area (Å²) in [6, 6.07) is 5.60. The molecular formula is C13H17ClO3. The van der Waals surface area contributed by atoms with Gasteiger partial charge in [-0.2, -0.15) is 0 Å². The lowest BCUT2D eigenvalue weighted by atomic mass is 9.92. The Balaban J connectivity index is 3.15. The number of hydrogen-bond donors (Lipinski definition) is 2. The molecule has 4 heteroatoms. The Morgan fingerprint density at radius 3 is 2.59 bits per heavy atom. The van der Waals surface area contributed by atoms with Gasteiger partial charge in [0.25, 0.3) is 0 Å². The summed E-state index contributed by atoms with van der Waals surface area (Å²) >= 11 is 5.64. The molecule has 1 aromatic carbocycles. The Kier molecular flexibility index (Phi) is 5.45. The van der Waals surface area contributed by atoms with Crippen molar-refractivity contribution in [2.75, 3.05) is 5.88 Å². The largest absolute Gasteiger partial charge is 0.479 e. The van der Waals surface area contributed by atoms with Gasteiger partial charge in [-0.3, -0.25) is 0 Å². The van der Waals surface area contributed by atoms with Crippen LogP contribution < -0.4 is 0 Å². The topological polar surface area (TPSA) is 57.5 Å². The van der Waals surface area contributed by atoms with E-state index < -0.39 is 12.1 Å². The summed E-state index contributed by atoms with van der Waals surface area (Å²) in [6.07, 6.45) is 0.718. The molecule has 1 atom stereocenters. The van der Waals surface area contributed by atoms with Crippen LogP contribution in [0.1, 0.15) is 36.1 Å². The van der Waals surface area contributed by atoms with E-state index in [4.69, 9.17) is 16.7 Å². The van der Waals surface area contributed by atoms with E-state index in [9.17, 15) is 9.90 Å². The van der Waals surface area contributed by atoms with E-state index >= 15 is 0 Å². The lowest BCUT2D eigenvalue weighted by molar-refractivity contribution is -0.147. The number of rotatable bonds is 6. The molecule has 0 aliphatic rings. The second-order valence-corrected chi connectivity index (χ2v) is 4.25. The number of aliphatic hydroxyl groups is 1. The maximum atomic E-state index is 10.9. The third-order valence-electron chi connectivity index (χ3n) is 2.75. The monoisotopic (exact) mass is 256 g/mol. The molecule has 2 N–H and O–H groups in total.